The highest BCUT2D eigenvalue weighted by Gasteiger charge is 2.13. The van der Waals surface area contributed by atoms with Gasteiger partial charge in [-0.3, -0.25) is 9.88 Å². The van der Waals surface area contributed by atoms with E-state index in [4.69, 9.17) is 4.74 Å². The van der Waals surface area contributed by atoms with E-state index in [1.165, 1.54) is 6.20 Å². The van der Waals surface area contributed by atoms with E-state index in [0.717, 1.165) is 44.1 Å². The smallest absolute Gasteiger partial charge is 0.339 e. The molecule has 2 N–H and O–H groups in total. The number of aryl methyl sites for hydroxylation is 1. The second-order valence-corrected chi connectivity index (χ2v) is 8.86. The molecule has 0 unspecified atom stereocenters. The van der Waals surface area contributed by atoms with Gasteiger partial charge in [0, 0.05) is 62.7 Å². The first-order chi connectivity index (χ1) is 18.6. The molecule has 0 amide bonds. The molecule has 11 nitrogen and oxygen atoms in total. The number of piperazine rings is 1. The topological polar surface area (TPSA) is 131 Å². The standard InChI is InChI=1S/C27H29N9O2/c1-19-3-2-4-22(32-19)26-30-10-8-24(35-26)33-23-7-9-29-25(34-23)17-21-6-5-20(18-31-21)27(37)38-16-15-36-13-11-28-12-14-36/h2-10,18,28H,11-17H2,1H3,(H,29,30,33,34,35). The molecule has 0 aliphatic carbocycles. The monoisotopic (exact) mass is 511 g/mol. The lowest BCUT2D eigenvalue weighted by molar-refractivity contribution is 0.0455. The van der Waals surface area contributed by atoms with Crippen LogP contribution in [0.1, 0.15) is 27.6 Å². The van der Waals surface area contributed by atoms with Gasteiger partial charge in [0.1, 0.15) is 29.8 Å². The third kappa shape index (κ3) is 6.90. The van der Waals surface area contributed by atoms with Gasteiger partial charge in [-0.2, -0.15) is 0 Å². The number of carbonyl (C=O) groups excluding carboxylic acids is 1. The molecule has 0 saturated carbocycles. The molecule has 1 aliphatic rings. The van der Waals surface area contributed by atoms with Crippen molar-refractivity contribution in [3.05, 3.63) is 83.8 Å². The number of aromatic nitrogens is 6. The Morgan fingerprint density at radius 2 is 1.79 bits per heavy atom. The maximum absolute atomic E-state index is 12.4. The highest BCUT2D eigenvalue weighted by atomic mass is 16.5. The number of rotatable bonds is 9. The number of esters is 1. The van der Waals surface area contributed by atoms with E-state index in [1.54, 1.807) is 36.7 Å². The fraction of sp³-hybridized carbons (Fsp3) is 0.296. The van der Waals surface area contributed by atoms with Crippen LogP contribution in [0.2, 0.25) is 0 Å². The number of hydrogen-bond acceptors (Lipinski definition) is 11. The van der Waals surface area contributed by atoms with E-state index < -0.39 is 0 Å². The van der Waals surface area contributed by atoms with E-state index in [0.29, 0.717) is 47.6 Å². The molecule has 11 heteroatoms. The lowest BCUT2D eigenvalue weighted by Crippen LogP contribution is -2.44. The minimum atomic E-state index is -0.369. The summed E-state index contributed by atoms with van der Waals surface area (Å²) in [6.45, 7) is 6.90. The van der Waals surface area contributed by atoms with Gasteiger partial charge in [-0.05, 0) is 43.3 Å². The van der Waals surface area contributed by atoms with Crippen LogP contribution in [0.5, 0.6) is 0 Å². The van der Waals surface area contributed by atoms with Crippen LogP contribution in [0.4, 0.5) is 11.6 Å². The van der Waals surface area contributed by atoms with Crippen molar-refractivity contribution in [1.82, 2.24) is 40.1 Å². The maximum Gasteiger partial charge on any atom is 0.339 e. The lowest BCUT2D eigenvalue weighted by atomic mass is 10.2. The van der Waals surface area contributed by atoms with Crippen molar-refractivity contribution in [2.75, 3.05) is 44.6 Å². The Labute approximate surface area is 220 Å². The number of ether oxygens (including phenoxy) is 1. The quantitative estimate of drug-likeness (QED) is 0.321. The fourth-order valence-electron chi connectivity index (χ4n) is 4.00. The summed E-state index contributed by atoms with van der Waals surface area (Å²) in [5.74, 6) is 1.94. The van der Waals surface area contributed by atoms with E-state index in [9.17, 15) is 4.79 Å². The first-order valence-corrected chi connectivity index (χ1v) is 12.5. The minimum Gasteiger partial charge on any atom is -0.461 e. The minimum absolute atomic E-state index is 0.365. The van der Waals surface area contributed by atoms with Crippen LogP contribution in [0.3, 0.4) is 0 Å². The van der Waals surface area contributed by atoms with Crippen molar-refractivity contribution in [2.24, 2.45) is 0 Å². The van der Waals surface area contributed by atoms with Crippen LogP contribution in [0.15, 0.2) is 61.1 Å². The van der Waals surface area contributed by atoms with Crippen molar-refractivity contribution < 1.29 is 9.53 Å². The fourth-order valence-corrected chi connectivity index (χ4v) is 4.00. The van der Waals surface area contributed by atoms with Crippen molar-refractivity contribution in [1.29, 1.82) is 0 Å². The summed E-state index contributed by atoms with van der Waals surface area (Å²) in [7, 11) is 0. The SMILES string of the molecule is Cc1cccc(-c2nccc(Nc3ccnc(Cc4ccc(C(=O)OCCN5CCNCC5)cn4)n3)n2)n1. The first-order valence-electron chi connectivity index (χ1n) is 12.5. The molecule has 5 rings (SSSR count). The predicted octanol–water partition coefficient (Wildman–Crippen LogP) is 2.43. The van der Waals surface area contributed by atoms with Gasteiger partial charge in [0.05, 0.1) is 12.0 Å². The number of pyridine rings is 2. The molecule has 5 heterocycles. The Morgan fingerprint density at radius 3 is 2.58 bits per heavy atom. The Hall–Kier alpha value is -4.35. The molecular weight excluding hydrogens is 482 g/mol. The molecule has 38 heavy (non-hydrogen) atoms. The molecule has 0 radical (unpaired) electrons. The van der Waals surface area contributed by atoms with Crippen molar-refractivity contribution in [2.45, 2.75) is 13.3 Å². The van der Waals surface area contributed by atoms with Crippen LogP contribution < -0.4 is 10.6 Å². The van der Waals surface area contributed by atoms with E-state index in [-0.39, 0.29) is 5.97 Å². The average Bonchev–Trinajstić information content (AvgIpc) is 2.94. The highest BCUT2D eigenvalue weighted by Crippen LogP contribution is 2.17. The number of nitrogens with zero attached hydrogens (tertiary/aromatic N) is 7. The van der Waals surface area contributed by atoms with Gasteiger partial charge in [-0.15, -0.1) is 0 Å². The molecule has 0 atom stereocenters. The number of hydrogen-bond donors (Lipinski definition) is 2. The lowest BCUT2D eigenvalue weighted by Gasteiger charge is -2.26. The summed E-state index contributed by atoms with van der Waals surface area (Å²) in [4.78, 5) is 41.4. The van der Waals surface area contributed by atoms with Gasteiger partial charge in [0.2, 0.25) is 0 Å². The Kier molecular flexibility index (Phi) is 8.16. The summed E-state index contributed by atoms with van der Waals surface area (Å²) in [5.41, 5.74) is 2.77. The molecule has 0 aromatic carbocycles. The molecule has 4 aromatic rings. The van der Waals surface area contributed by atoms with Crippen molar-refractivity contribution >= 4 is 17.6 Å². The zero-order chi connectivity index (χ0) is 26.2. The van der Waals surface area contributed by atoms with Gasteiger partial charge < -0.3 is 15.4 Å². The van der Waals surface area contributed by atoms with Crippen molar-refractivity contribution in [3.8, 4) is 11.5 Å². The van der Waals surface area contributed by atoms with E-state index >= 15 is 0 Å². The van der Waals surface area contributed by atoms with Gasteiger partial charge in [-0.1, -0.05) is 6.07 Å². The van der Waals surface area contributed by atoms with Gasteiger partial charge in [-0.25, -0.2) is 29.7 Å². The molecule has 0 spiro atoms. The molecule has 1 saturated heterocycles. The second kappa shape index (κ2) is 12.3. The van der Waals surface area contributed by atoms with Crippen LogP contribution in [0, 0.1) is 6.92 Å². The largest absolute Gasteiger partial charge is 0.461 e. The summed E-state index contributed by atoms with van der Waals surface area (Å²) in [6.07, 6.45) is 5.31. The molecule has 0 bridgehead atoms. The van der Waals surface area contributed by atoms with Crippen LogP contribution >= 0.6 is 0 Å². The second-order valence-electron chi connectivity index (χ2n) is 8.86. The molecule has 4 aromatic heterocycles. The van der Waals surface area contributed by atoms with Crippen LogP contribution in [-0.2, 0) is 11.2 Å². The van der Waals surface area contributed by atoms with Gasteiger partial charge >= 0.3 is 5.97 Å². The highest BCUT2D eigenvalue weighted by molar-refractivity contribution is 5.89. The third-order valence-corrected chi connectivity index (χ3v) is 5.98. The average molecular weight is 512 g/mol. The number of carbonyl (C=O) groups is 1. The zero-order valence-electron chi connectivity index (χ0n) is 21.2. The van der Waals surface area contributed by atoms with E-state index in [2.05, 4.69) is 45.4 Å². The van der Waals surface area contributed by atoms with Gasteiger partial charge in [0.15, 0.2) is 5.82 Å². The van der Waals surface area contributed by atoms with Crippen molar-refractivity contribution in [3.63, 3.8) is 0 Å². The molecule has 1 fully saturated rings. The molecule has 1 aliphatic heterocycles. The third-order valence-electron chi connectivity index (χ3n) is 5.98. The number of anilines is 2. The molecular formula is C27H29N9O2. The molecule has 194 valence electrons. The van der Waals surface area contributed by atoms with Crippen LogP contribution in [0.25, 0.3) is 11.5 Å². The number of nitrogens with one attached hydrogen (secondary N) is 2. The summed E-state index contributed by atoms with van der Waals surface area (Å²) in [6, 6.07) is 12.8. The summed E-state index contributed by atoms with van der Waals surface area (Å²) >= 11 is 0. The van der Waals surface area contributed by atoms with E-state index in [1.807, 2.05) is 25.1 Å². The predicted molar refractivity (Wildman–Crippen MR) is 142 cm³/mol. The zero-order valence-corrected chi connectivity index (χ0v) is 21.2. The van der Waals surface area contributed by atoms with Gasteiger partial charge in [0.25, 0.3) is 0 Å². The Morgan fingerprint density at radius 1 is 0.974 bits per heavy atom. The Bertz CT molecular complexity index is 1380. The summed E-state index contributed by atoms with van der Waals surface area (Å²) < 4.78 is 5.42. The van der Waals surface area contributed by atoms with Crippen LogP contribution in [-0.4, -0.2) is 80.1 Å². The maximum atomic E-state index is 12.4. The first kappa shape index (κ1) is 25.3. The normalized spacial score (nSPS) is 13.7. The summed E-state index contributed by atoms with van der Waals surface area (Å²) in [5, 5.41) is 6.51. The Balaban J connectivity index is 1.17.